The molecular weight excluding hydrogens is 334 g/mol. The molecule has 0 spiro atoms. The molecule has 5 heteroatoms. The molecule has 2 aromatic carbocycles. The van der Waals surface area contributed by atoms with Gasteiger partial charge < -0.3 is 10.2 Å². The van der Waals surface area contributed by atoms with Crippen LogP contribution >= 0.6 is 0 Å². The average Bonchev–Trinajstić information content (AvgIpc) is 2.65. The molecule has 0 aromatic heterocycles. The molecule has 0 bridgehead atoms. The van der Waals surface area contributed by atoms with Gasteiger partial charge in [-0.3, -0.25) is 4.79 Å². The van der Waals surface area contributed by atoms with Gasteiger partial charge in [0.1, 0.15) is 0 Å². The monoisotopic (exact) mass is 358 g/mol. The molecule has 1 fully saturated rings. The number of rotatable bonds is 6. The quantitative estimate of drug-likeness (QED) is 0.837. The number of benzene rings is 2. The molecule has 2 aromatic rings. The summed E-state index contributed by atoms with van der Waals surface area (Å²) in [5.74, 6) is -1.35. The first-order valence-corrected chi connectivity index (χ1v) is 9.11. The van der Waals surface area contributed by atoms with Crippen LogP contribution in [0.4, 0.5) is 14.5 Å². The van der Waals surface area contributed by atoms with Crippen molar-refractivity contribution in [1.29, 1.82) is 0 Å². The Kier molecular flexibility index (Phi) is 6.34. The highest BCUT2D eigenvalue weighted by Crippen LogP contribution is 2.22. The van der Waals surface area contributed by atoms with Gasteiger partial charge >= 0.3 is 0 Å². The third-order valence-corrected chi connectivity index (χ3v) is 4.93. The van der Waals surface area contributed by atoms with Crippen molar-refractivity contribution in [3.63, 3.8) is 0 Å². The van der Waals surface area contributed by atoms with Crippen LogP contribution in [0.5, 0.6) is 0 Å². The van der Waals surface area contributed by atoms with Crippen molar-refractivity contribution in [2.24, 2.45) is 5.92 Å². The molecule has 1 heterocycles. The lowest BCUT2D eigenvalue weighted by Gasteiger charge is -2.31. The third kappa shape index (κ3) is 5.36. The molecule has 0 aliphatic carbocycles. The van der Waals surface area contributed by atoms with Gasteiger partial charge in [-0.1, -0.05) is 30.3 Å². The minimum absolute atomic E-state index is 0.178. The number of halogens is 2. The molecule has 3 rings (SSSR count). The molecule has 138 valence electrons. The first-order chi connectivity index (χ1) is 12.6. The van der Waals surface area contributed by atoms with Crippen molar-refractivity contribution in [2.75, 3.05) is 25.0 Å². The Morgan fingerprint density at radius 1 is 1.04 bits per heavy atom. The molecule has 1 amide bonds. The van der Waals surface area contributed by atoms with Gasteiger partial charge in [-0.15, -0.1) is 0 Å². The number of carbonyl (C=O) groups excluding carboxylic acids is 1. The summed E-state index contributed by atoms with van der Waals surface area (Å²) >= 11 is 0. The zero-order valence-electron chi connectivity index (χ0n) is 14.8. The first-order valence-electron chi connectivity index (χ1n) is 9.11. The predicted molar refractivity (Wildman–Crippen MR) is 98.9 cm³/mol. The SMILES string of the molecule is O=C(CCN1CCC(Cc2ccccc2)CC1)Nc1ccc(F)c(F)c1. The highest BCUT2D eigenvalue weighted by atomic mass is 19.2. The van der Waals surface area contributed by atoms with Gasteiger partial charge in [0.25, 0.3) is 0 Å². The zero-order chi connectivity index (χ0) is 18.4. The summed E-state index contributed by atoms with van der Waals surface area (Å²) in [6, 6.07) is 13.9. The van der Waals surface area contributed by atoms with Crippen LogP contribution < -0.4 is 5.32 Å². The average molecular weight is 358 g/mol. The van der Waals surface area contributed by atoms with Crippen LogP contribution in [0.1, 0.15) is 24.8 Å². The molecule has 0 radical (unpaired) electrons. The van der Waals surface area contributed by atoms with E-state index in [1.165, 1.54) is 11.6 Å². The summed E-state index contributed by atoms with van der Waals surface area (Å²) in [6.07, 6.45) is 3.74. The van der Waals surface area contributed by atoms with E-state index in [2.05, 4.69) is 34.5 Å². The molecule has 1 N–H and O–H groups in total. The van der Waals surface area contributed by atoms with E-state index in [9.17, 15) is 13.6 Å². The third-order valence-electron chi connectivity index (χ3n) is 4.93. The maximum Gasteiger partial charge on any atom is 0.225 e. The van der Waals surface area contributed by atoms with Gasteiger partial charge in [0.15, 0.2) is 11.6 Å². The number of anilines is 1. The lowest BCUT2D eigenvalue weighted by molar-refractivity contribution is -0.116. The van der Waals surface area contributed by atoms with Crippen LogP contribution in [-0.2, 0) is 11.2 Å². The minimum Gasteiger partial charge on any atom is -0.326 e. The number of piperidine rings is 1. The molecule has 3 nitrogen and oxygen atoms in total. The van der Waals surface area contributed by atoms with E-state index in [0.29, 0.717) is 18.9 Å². The number of hydrogen-bond donors (Lipinski definition) is 1. The van der Waals surface area contributed by atoms with E-state index in [1.54, 1.807) is 0 Å². The fourth-order valence-corrected chi connectivity index (χ4v) is 3.42. The van der Waals surface area contributed by atoms with Crippen LogP contribution in [0.2, 0.25) is 0 Å². The van der Waals surface area contributed by atoms with Gasteiger partial charge in [0, 0.05) is 24.7 Å². The van der Waals surface area contributed by atoms with E-state index in [1.807, 2.05) is 6.07 Å². The van der Waals surface area contributed by atoms with Crippen molar-refractivity contribution in [2.45, 2.75) is 25.7 Å². The maximum absolute atomic E-state index is 13.2. The van der Waals surface area contributed by atoms with E-state index in [4.69, 9.17) is 0 Å². The summed E-state index contributed by atoms with van der Waals surface area (Å²) in [4.78, 5) is 14.3. The Morgan fingerprint density at radius 2 is 1.77 bits per heavy atom. The van der Waals surface area contributed by atoms with E-state index >= 15 is 0 Å². The number of hydrogen-bond acceptors (Lipinski definition) is 2. The van der Waals surface area contributed by atoms with Crippen molar-refractivity contribution >= 4 is 11.6 Å². The van der Waals surface area contributed by atoms with Crippen molar-refractivity contribution in [1.82, 2.24) is 4.90 Å². The first kappa shape index (κ1) is 18.5. The topological polar surface area (TPSA) is 32.3 Å². The fraction of sp³-hybridized carbons (Fsp3) is 0.381. The van der Waals surface area contributed by atoms with Gasteiger partial charge in [-0.2, -0.15) is 0 Å². The fourth-order valence-electron chi connectivity index (χ4n) is 3.42. The Balaban J connectivity index is 1.38. The number of nitrogens with zero attached hydrogens (tertiary/aromatic N) is 1. The van der Waals surface area contributed by atoms with Gasteiger partial charge in [0.05, 0.1) is 0 Å². The van der Waals surface area contributed by atoms with Crippen LogP contribution in [0.25, 0.3) is 0 Å². The Morgan fingerprint density at radius 3 is 2.46 bits per heavy atom. The second-order valence-electron chi connectivity index (χ2n) is 6.90. The lowest BCUT2D eigenvalue weighted by atomic mass is 9.90. The standard InChI is InChI=1S/C21H24F2N2O/c22-19-7-6-18(15-20(19)23)24-21(26)10-13-25-11-8-17(9-12-25)14-16-4-2-1-3-5-16/h1-7,15,17H,8-14H2,(H,24,26). The Labute approximate surface area is 153 Å². The molecular formula is C21H24F2N2O. The normalized spacial score (nSPS) is 15.8. The molecule has 0 saturated carbocycles. The summed E-state index contributed by atoms with van der Waals surface area (Å²) in [5.41, 5.74) is 1.67. The van der Waals surface area contributed by atoms with E-state index in [-0.39, 0.29) is 11.6 Å². The molecule has 1 saturated heterocycles. The zero-order valence-corrected chi connectivity index (χ0v) is 14.8. The van der Waals surface area contributed by atoms with Crippen molar-refractivity contribution in [3.8, 4) is 0 Å². The van der Waals surface area contributed by atoms with E-state index < -0.39 is 11.6 Å². The summed E-state index contributed by atoms with van der Waals surface area (Å²) in [5, 5.41) is 2.62. The van der Waals surface area contributed by atoms with Gasteiger partial charge in [0.2, 0.25) is 5.91 Å². The number of likely N-dealkylation sites (tertiary alicyclic amines) is 1. The smallest absolute Gasteiger partial charge is 0.225 e. The van der Waals surface area contributed by atoms with Crippen LogP contribution in [-0.4, -0.2) is 30.4 Å². The second-order valence-corrected chi connectivity index (χ2v) is 6.90. The summed E-state index contributed by atoms with van der Waals surface area (Å²) in [7, 11) is 0. The van der Waals surface area contributed by atoms with Crippen LogP contribution in [0, 0.1) is 17.6 Å². The summed E-state index contributed by atoms with van der Waals surface area (Å²) < 4.78 is 26.1. The number of amides is 1. The van der Waals surface area contributed by atoms with Crippen molar-refractivity contribution in [3.05, 3.63) is 65.7 Å². The van der Waals surface area contributed by atoms with Crippen LogP contribution in [0.15, 0.2) is 48.5 Å². The minimum atomic E-state index is -0.955. The number of nitrogens with one attached hydrogen (secondary N) is 1. The largest absolute Gasteiger partial charge is 0.326 e. The van der Waals surface area contributed by atoms with E-state index in [0.717, 1.165) is 44.5 Å². The molecule has 0 atom stereocenters. The predicted octanol–water partition coefficient (Wildman–Crippen LogP) is 4.25. The Hall–Kier alpha value is -2.27. The number of carbonyl (C=O) groups is 1. The molecule has 0 unspecified atom stereocenters. The molecule has 1 aliphatic heterocycles. The maximum atomic E-state index is 13.2. The van der Waals surface area contributed by atoms with Gasteiger partial charge in [-0.05, 0) is 56.0 Å². The van der Waals surface area contributed by atoms with Gasteiger partial charge in [-0.25, -0.2) is 8.78 Å². The Bertz CT molecular complexity index is 728. The summed E-state index contributed by atoms with van der Waals surface area (Å²) in [6.45, 7) is 2.68. The van der Waals surface area contributed by atoms with Crippen molar-refractivity contribution < 1.29 is 13.6 Å². The lowest BCUT2D eigenvalue weighted by Crippen LogP contribution is -2.36. The highest BCUT2D eigenvalue weighted by Gasteiger charge is 2.20. The van der Waals surface area contributed by atoms with Crippen LogP contribution in [0.3, 0.4) is 0 Å². The molecule has 26 heavy (non-hydrogen) atoms. The second kappa shape index (κ2) is 8.90. The highest BCUT2D eigenvalue weighted by molar-refractivity contribution is 5.90. The molecule has 1 aliphatic rings.